The molecule has 0 bridgehead atoms. The molecule has 10 rings (SSSR count). The fraction of sp³-hybridized carbons (Fsp3) is 0.0333. The Bertz CT molecular complexity index is 2740. The Morgan fingerprint density at radius 2 is 0.548 bits per heavy atom. The van der Waals surface area contributed by atoms with Gasteiger partial charge in [-0.2, -0.15) is 0 Å². The molecule has 0 saturated heterocycles. The van der Waals surface area contributed by atoms with Gasteiger partial charge in [-0.3, -0.25) is 0 Å². The highest BCUT2D eigenvalue weighted by Crippen LogP contribution is 2.39. The lowest BCUT2D eigenvalue weighted by Crippen LogP contribution is -2.30. The van der Waals surface area contributed by atoms with Gasteiger partial charge in [0.15, 0.2) is 0 Å². The maximum absolute atomic E-state index is 2.47. The van der Waals surface area contributed by atoms with Crippen LogP contribution in [0.3, 0.4) is 0 Å². The predicted octanol–water partition coefficient (Wildman–Crippen LogP) is 16.4. The summed E-state index contributed by atoms with van der Waals surface area (Å²) in [6.45, 7) is 0. The molecule has 1 aliphatic carbocycles. The van der Waals surface area contributed by atoms with Gasteiger partial charge in [-0.1, -0.05) is 200 Å². The van der Waals surface area contributed by atoms with Crippen LogP contribution in [-0.4, -0.2) is 6.04 Å². The Hall–Kier alpha value is -7.94. The molecule has 2 nitrogen and oxygen atoms in total. The predicted molar refractivity (Wildman–Crippen MR) is 263 cm³/mol. The lowest BCUT2D eigenvalue weighted by atomic mass is 9.95. The van der Waals surface area contributed by atoms with Gasteiger partial charge in [-0.05, 0) is 123 Å². The lowest BCUT2D eigenvalue weighted by molar-refractivity contribution is 0.787. The van der Waals surface area contributed by atoms with Gasteiger partial charge in [-0.15, -0.1) is 0 Å². The molecule has 0 aliphatic heterocycles. The SMILES string of the molecule is C1=CC(N(c2ccc(-c3ccccc3)cc2)c2ccc(-c3ccccc3)cc2)CC=C1c1ccc(N(c2ccc(-c3ccccc3)cc2)c2ccc(-c3ccccc3)cc2)cc1. The maximum Gasteiger partial charge on any atom is 0.0560 e. The first-order valence-corrected chi connectivity index (χ1v) is 21.4. The summed E-state index contributed by atoms with van der Waals surface area (Å²) < 4.78 is 0. The Morgan fingerprint density at radius 1 is 0.274 bits per heavy atom. The van der Waals surface area contributed by atoms with Crippen molar-refractivity contribution >= 4 is 34.0 Å². The number of benzene rings is 9. The molecule has 0 heterocycles. The van der Waals surface area contributed by atoms with E-state index in [9.17, 15) is 0 Å². The molecule has 9 aromatic rings. The van der Waals surface area contributed by atoms with E-state index in [1.54, 1.807) is 0 Å². The Labute approximate surface area is 365 Å². The maximum atomic E-state index is 2.47. The van der Waals surface area contributed by atoms with Gasteiger partial charge in [-0.25, -0.2) is 0 Å². The lowest BCUT2D eigenvalue weighted by Gasteiger charge is -2.33. The van der Waals surface area contributed by atoms with Gasteiger partial charge in [0.25, 0.3) is 0 Å². The van der Waals surface area contributed by atoms with Crippen LogP contribution in [0.2, 0.25) is 0 Å². The standard InChI is InChI=1S/C60H46N2/c1-5-13-45(14-6-1)49-21-33-55(34-22-49)61(56-35-23-50(24-36-56)46-15-7-2-8-16-46)59-41-29-53(30-42-59)54-31-43-60(44-32-54)62(57-37-25-51(26-38-57)47-17-9-3-10-18-47)58-39-27-52(28-40-58)48-19-11-4-12-20-48/h1-43,60H,44H2. The first-order valence-electron chi connectivity index (χ1n) is 21.4. The second kappa shape index (κ2) is 17.7. The number of hydrogen-bond donors (Lipinski definition) is 0. The number of rotatable bonds is 11. The molecule has 296 valence electrons. The third kappa shape index (κ3) is 8.28. The molecule has 0 aromatic heterocycles. The average molecular weight is 795 g/mol. The van der Waals surface area contributed by atoms with Gasteiger partial charge < -0.3 is 9.80 Å². The highest BCUT2D eigenvalue weighted by atomic mass is 15.2. The Balaban J connectivity index is 0.929. The molecular formula is C60H46N2. The van der Waals surface area contributed by atoms with Gasteiger partial charge in [0.2, 0.25) is 0 Å². The molecule has 1 aliphatic rings. The molecular weight excluding hydrogens is 749 g/mol. The van der Waals surface area contributed by atoms with Crippen molar-refractivity contribution in [3.8, 4) is 44.5 Å². The van der Waals surface area contributed by atoms with Crippen LogP contribution in [0.25, 0.3) is 50.1 Å². The van der Waals surface area contributed by atoms with Crippen LogP contribution in [-0.2, 0) is 0 Å². The van der Waals surface area contributed by atoms with Gasteiger partial charge in [0.1, 0.15) is 0 Å². The summed E-state index contributed by atoms with van der Waals surface area (Å²) in [5, 5.41) is 0. The minimum atomic E-state index is 0.149. The number of allylic oxidation sites excluding steroid dienone is 2. The molecule has 0 saturated carbocycles. The molecule has 0 radical (unpaired) electrons. The first kappa shape index (κ1) is 38.3. The van der Waals surface area contributed by atoms with Crippen molar-refractivity contribution in [2.75, 3.05) is 9.80 Å². The summed E-state index contributed by atoms with van der Waals surface area (Å²) in [4.78, 5) is 4.82. The smallest absolute Gasteiger partial charge is 0.0560 e. The van der Waals surface area contributed by atoms with E-state index in [0.29, 0.717) is 0 Å². The van der Waals surface area contributed by atoms with Crippen LogP contribution in [0.5, 0.6) is 0 Å². The second-order valence-electron chi connectivity index (χ2n) is 15.7. The summed E-state index contributed by atoms with van der Waals surface area (Å²) in [6, 6.07) is 87.3. The fourth-order valence-electron chi connectivity index (χ4n) is 8.55. The highest BCUT2D eigenvalue weighted by Gasteiger charge is 2.22. The normalized spacial score (nSPS) is 13.3. The van der Waals surface area contributed by atoms with Crippen LogP contribution < -0.4 is 9.80 Å². The molecule has 0 N–H and O–H groups in total. The van der Waals surface area contributed by atoms with Crippen molar-refractivity contribution in [1.29, 1.82) is 0 Å². The molecule has 9 aromatic carbocycles. The van der Waals surface area contributed by atoms with Crippen LogP contribution in [0.15, 0.2) is 261 Å². The molecule has 0 fully saturated rings. The van der Waals surface area contributed by atoms with Crippen LogP contribution in [0, 0.1) is 0 Å². The van der Waals surface area contributed by atoms with E-state index in [2.05, 4.69) is 271 Å². The van der Waals surface area contributed by atoms with Crippen LogP contribution in [0.1, 0.15) is 12.0 Å². The third-order valence-corrected chi connectivity index (χ3v) is 11.8. The number of anilines is 5. The van der Waals surface area contributed by atoms with Crippen molar-refractivity contribution < 1.29 is 0 Å². The molecule has 0 spiro atoms. The summed E-state index contributed by atoms with van der Waals surface area (Å²) in [5.74, 6) is 0. The van der Waals surface area contributed by atoms with Crippen LogP contribution in [0.4, 0.5) is 28.4 Å². The van der Waals surface area contributed by atoms with E-state index in [0.717, 1.165) is 23.5 Å². The summed E-state index contributed by atoms with van der Waals surface area (Å²) in [6.07, 6.45) is 7.94. The van der Waals surface area contributed by atoms with Crippen molar-refractivity contribution in [3.63, 3.8) is 0 Å². The van der Waals surface area contributed by atoms with Crippen molar-refractivity contribution in [3.05, 3.63) is 266 Å². The number of hydrogen-bond acceptors (Lipinski definition) is 2. The minimum Gasteiger partial charge on any atom is -0.334 e. The minimum absolute atomic E-state index is 0.149. The first-order chi connectivity index (χ1) is 30.7. The topological polar surface area (TPSA) is 6.48 Å². The summed E-state index contributed by atoms with van der Waals surface area (Å²) in [5.41, 5.74) is 17.8. The van der Waals surface area contributed by atoms with Crippen molar-refractivity contribution in [2.24, 2.45) is 0 Å². The van der Waals surface area contributed by atoms with Crippen molar-refractivity contribution in [1.82, 2.24) is 0 Å². The molecule has 62 heavy (non-hydrogen) atoms. The van der Waals surface area contributed by atoms with E-state index in [1.165, 1.54) is 67.0 Å². The second-order valence-corrected chi connectivity index (χ2v) is 15.7. The largest absolute Gasteiger partial charge is 0.334 e. The van der Waals surface area contributed by atoms with Crippen LogP contribution >= 0.6 is 0 Å². The summed E-state index contributed by atoms with van der Waals surface area (Å²) in [7, 11) is 0. The van der Waals surface area contributed by atoms with Crippen molar-refractivity contribution in [2.45, 2.75) is 12.5 Å². The zero-order valence-electron chi connectivity index (χ0n) is 34.5. The van der Waals surface area contributed by atoms with Gasteiger partial charge in [0, 0.05) is 28.4 Å². The van der Waals surface area contributed by atoms with E-state index < -0.39 is 0 Å². The van der Waals surface area contributed by atoms with Gasteiger partial charge in [0.05, 0.1) is 6.04 Å². The van der Waals surface area contributed by atoms with E-state index in [4.69, 9.17) is 0 Å². The molecule has 1 atom stereocenters. The Morgan fingerprint density at radius 3 is 0.839 bits per heavy atom. The fourth-order valence-corrected chi connectivity index (χ4v) is 8.55. The van der Waals surface area contributed by atoms with E-state index in [-0.39, 0.29) is 6.04 Å². The quantitative estimate of drug-likeness (QED) is 0.129. The van der Waals surface area contributed by atoms with Gasteiger partial charge >= 0.3 is 0 Å². The van der Waals surface area contributed by atoms with E-state index >= 15 is 0 Å². The number of nitrogens with zero attached hydrogens (tertiary/aromatic N) is 2. The molecule has 0 amide bonds. The van der Waals surface area contributed by atoms with E-state index in [1.807, 2.05) is 0 Å². The molecule has 1 unspecified atom stereocenters. The zero-order valence-corrected chi connectivity index (χ0v) is 34.5. The molecule has 2 heteroatoms. The zero-order chi connectivity index (χ0) is 41.5. The average Bonchev–Trinajstić information content (AvgIpc) is 3.36. The Kier molecular flexibility index (Phi) is 10.9. The highest BCUT2D eigenvalue weighted by molar-refractivity contribution is 5.83. The summed E-state index contributed by atoms with van der Waals surface area (Å²) >= 11 is 0. The monoisotopic (exact) mass is 794 g/mol. The third-order valence-electron chi connectivity index (χ3n) is 11.8.